The number of fused-ring (bicyclic) bond motifs is 1. The first-order chi connectivity index (χ1) is 16.0. The molecular formula is C24H30N4O4S. The minimum Gasteiger partial charge on any atom is -0.496 e. The Balaban J connectivity index is 1.41. The molecule has 1 amide bonds. The lowest BCUT2D eigenvalue weighted by Crippen LogP contribution is -2.32. The van der Waals surface area contributed by atoms with Crippen molar-refractivity contribution < 1.29 is 17.9 Å². The molecular weight excluding hydrogens is 440 g/mol. The number of imidazole rings is 1. The van der Waals surface area contributed by atoms with Crippen LogP contribution in [0.3, 0.4) is 0 Å². The van der Waals surface area contributed by atoms with Gasteiger partial charge in [-0.25, -0.2) is 13.4 Å². The fourth-order valence-electron chi connectivity index (χ4n) is 4.13. The number of hydrogen-bond acceptors (Lipinski definition) is 5. The number of H-pyrrole nitrogens is 1. The average molecular weight is 471 g/mol. The van der Waals surface area contributed by atoms with Crippen LogP contribution in [0.2, 0.25) is 0 Å². The van der Waals surface area contributed by atoms with Gasteiger partial charge in [0.25, 0.3) is 5.91 Å². The SMILES string of the molecule is COc1ccc(S(=O)(=O)N2CCCCCC2)cc1C(=O)NCCCc1nc2ccccc2[nH]1. The Kier molecular flexibility index (Phi) is 7.29. The second-order valence-corrected chi connectivity index (χ2v) is 10.2. The first-order valence-corrected chi connectivity index (χ1v) is 12.8. The molecule has 4 rings (SSSR count). The molecule has 176 valence electrons. The van der Waals surface area contributed by atoms with Crippen LogP contribution in [0.1, 0.15) is 48.3 Å². The lowest BCUT2D eigenvalue weighted by Gasteiger charge is -2.20. The van der Waals surface area contributed by atoms with Gasteiger partial charge in [0.15, 0.2) is 0 Å². The van der Waals surface area contributed by atoms with Gasteiger partial charge in [-0.2, -0.15) is 4.31 Å². The second kappa shape index (κ2) is 10.4. The Bertz CT molecular complexity index is 1180. The van der Waals surface area contributed by atoms with Gasteiger partial charge in [-0.05, 0) is 49.6 Å². The van der Waals surface area contributed by atoms with E-state index in [2.05, 4.69) is 15.3 Å². The van der Waals surface area contributed by atoms with Crippen molar-refractivity contribution in [3.63, 3.8) is 0 Å². The summed E-state index contributed by atoms with van der Waals surface area (Å²) >= 11 is 0. The number of sulfonamides is 1. The predicted octanol–water partition coefficient (Wildman–Crippen LogP) is 3.50. The van der Waals surface area contributed by atoms with Crippen molar-refractivity contribution in [3.8, 4) is 5.75 Å². The molecule has 3 aromatic rings. The van der Waals surface area contributed by atoms with E-state index >= 15 is 0 Å². The van der Waals surface area contributed by atoms with E-state index in [0.717, 1.165) is 42.5 Å². The summed E-state index contributed by atoms with van der Waals surface area (Å²) in [6.45, 7) is 1.46. The maximum Gasteiger partial charge on any atom is 0.255 e. The van der Waals surface area contributed by atoms with Crippen LogP contribution in [0, 0.1) is 0 Å². The van der Waals surface area contributed by atoms with Crippen LogP contribution in [-0.4, -0.2) is 55.3 Å². The van der Waals surface area contributed by atoms with E-state index in [1.807, 2.05) is 24.3 Å². The standard InChI is InChI=1S/C24H30N4O4S/c1-32-22-13-12-18(33(30,31)28-15-6-2-3-7-16-28)17-19(22)24(29)25-14-8-11-23-26-20-9-4-5-10-21(20)27-23/h4-5,9-10,12-13,17H,2-3,6-8,11,14-16H2,1H3,(H,25,29)(H,26,27). The molecule has 2 N–H and O–H groups in total. The number of aryl methyl sites for hydroxylation is 1. The van der Waals surface area contributed by atoms with E-state index in [0.29, 0.717) is 38.2 Å². The summed E-state index contributed by atoms with van der Waals surface area (Å²) in [7, 11) is -2.19. The third-order valence-electron chi connectivity index (χ3n) is 5.93. The van der Waals surface area contributed by atoms with Crippen molar-refractivity contribution in [2.45, 2.75) is 43.4 Å². The Hall–Kier alpha value is -2.91. The number of ether oxygens (including phenoxy) is 1. The van der Waals surface area contributed by atoms with Gasteiger partial charge < -0.3 is 15.0 Å². The summed E-state index contributed by atoms with van der Waals surface area (Å²) in [5.41, 5.74) is 2.13. The number of carbonyl (C=O) groups excluding carboxylic acids is 1. The van der Waals surface area contributed by atoms with E-state index in [1.54, 1.807) is 6.07 Å². The van der Waals surface area contributed by atoms with E-state index in [-0.39, 0.29) is 16.4 Å². The van der Waals surface area contributed by atoms with Crippen LogP contribution in [0.5, 0.6) is 5.75 Å². The van der Waals surface area contributed by atoms with Gasteiger partial charge in [0.1, 0.15) is 11.6 Å². The second-order valence-electron chi connectivity index (χ2n) is 8.24. The number of aromatic nitrogens is 2. The number of methoxy groups -OCH3 is 1. The van der Waals surface area contributed by atoms with Crippen molar-refractivity contribution in [2.75, 3.05) is 26.7 Å². The van der Waals surface area contributed by atoms with Gasteiger partial charge in [0.05, 0.1) is 28.6 Å². The molecule has 33 heavy (non-hydrogen) atoms. The predicted molar refractivity (Wildman–Crippen MR) is 127 cm³/mol. The number of nitrogens with one attached hydrogen (secondary N) is 2. The fourth-order valence-corrected chi connectivity index (χ4v) is 5.68. The molecule has 0 atom stereocenters. The number of rotatable bonds is 8. The van der Waals surface area contributed by atoms with Crippen molar-refractivity contribution in [2.24, 2.45) is 0 Å². The first-order valence-electron chi connectivity index (χ1n) is 11.4. The summed E-state index contributed by atoms with van der Waals surface area (Å²) < 4.78 is 33.1. The van der Waals surface area contributed by atoms with Crippen LogP contribution in [-0.2, 0) is 16.4 Å². The average Bonchev–Trinajstić information content (AvgIpc) is 3.03. The van der Waals surface area contributed by atoms with Crippen molar-refractivity contribution in [1.29, 1.82) is 0 Å². The zero-order chi connectivity index (χ0) is 23.3. The van der Waals surface area contributed by atoms with Gasteiger partial charge in [-0.1, -0.05) is 25.0 Å². The largest absolute Gasteiger partial charge is 0.496 e. The smallest absolute Gasteiger partial charge is 0.255 e. The highest BCUT2D eigenvalue weighted by Crippen LogP contribution is 2.26. The minimum absolute atomic E-state index is 0.123. The molecule has 0 spiro atoms. The Labute approximate surface area is 194 Å². The summed E-state index contributed by atoms with van der Waals surface area (Å²) in [4.78, 5) is 20.8. The lowest BCUT2D eigenvalue weighted by atomic mass is 10.2. The van der Waals surface area contributed by atoms with E-state index in [1.165, 1.54) is 23.5 Å². The number of aromatic amines is 1. The molecule has 0 bridgehead atoms. The van der Waals surface area contributed by atoms with Crippen LogP contribution < -0.4 is 10.1 Å². The van der Waals surface area contributed by atoms with Gasteiger partial charge in [-0.3, -0.25) is 4.79 Å². The van der Waals surface area contributed by atoms with Gasteiger partial charge in [0.2, 0.25) is 10.0 Å². The highest BCUT2D eigenvalue weighted by molar-refractivity contribution is 7.89. The molecule has 1 fully saturated rings. The van der Waals surface area contributed by atoms with Crippen molar-refractivity contribution in [3.05, 3.63) is 53.9 Å². The van der Waals surface area contributed by atoms with Gasteiger partial charge in [-0.15, -0.1) is 0 Å². The first kappa shape index (κ1) is 23.3. The van der Waals surface area contributed by atoms with Gasteiger partial charge >= 0.3 is 0 Å². The zero-order valence-electron chi connectivity index (χ0n) is 18.8. The highest BCUT2D eigenvalue weighted by atomic mass is 32.2. The lowest BCUT2D eigenvalue weighted by molar-refractivity contribution is 0.0950. The van der Waals surface area contributed by atoms with Crippen molar-refractivity contribution in [1.82, 2.24) is 19.6 Å². The third kappa shape index (κ3) is 5.36. The number of amides is 1. The molecule has 0 unspecified atom stereocenters. The summed E-state index contributed by atoms with van der Waals surface area (Å²) in [5, 5.41) is 2.88. The van der Waals surface area contributed by atoms with Crippen LogP contribution in [0.4, 0.5) is 0 Å². The molecule has 0 radical (unpaired) electrons. The number of para-hydroxylation sites is 2. The minimum atomic E-state index is -3.66. The summed E-state index contributed by atoms with van der Waals surface area (Å²) in [6, 6.07) is 12.3. The van der Waals surface area contributed by atoms with Crippen LogP contribution >= 0.6 is 0 Å². The maximum atomic E-state index is 13.1. The van der Waals surface area contributed by atoms with Crippen LogP contribution in [0.15, 0.2) is 47.4 Å². The molecule has 1 aliphatic heterocycles. The Morgan fingerprint density at radius 2 is 1.88 bits per heavy atom. The Morgan fingerprint density at radius 3 is 2.61 bits per heavy atom. The summed E-state index contributed by atoms with van der Waals surface area (Å²) in [6.07, 6.45) is 5.17. The number of carbonyl (C=O) groups is 1. The Morgan fingerprint density at radius 1 is 1.12 bits per heavy atom. The molecule has 0 saturated carbocycles. The number of benzene rings is 2. The molecule has 1 saturated heterocycles. The topological polar surface area (TPSA) is 104 Å². The van der Waals surface area contributed by atoms with E-state index in [4.69, 9.17) is 4.74 Å². The monoisotopic (exact) mass is 470 g/mol. The quantitative estimate of drug-likeness (QED) is 0.491. The molecule has 2 aromatic carbocycles. The van der Waals surface area contributed by atoms with E-state index in [9.17, 15) is 13.2 Å². The molecule has 8 nitrogen and oxygen atoms in total. The molecule has 1 aliphatic rings. The molecule has 9 heteroatoms. The van der Waals surface area contributed by atoms with E-state index < -0.39 is 10.0 Å². The highest BCUT2D eigenvalue weighted by Gasteiger charge is 2.27. The number of hydrogen-bond donors (Lipinski definition) is 2. The summed E-state index contributed by atoms with van der Waals surface area (Å²) in [5.74, 6) is 0.859. The third-order valence-corrected chi connectivity index (χ3v) is 7.83. The van der Waals surface area contributed by atoms with Gasteiger partial charge in [0, 0.05) is 26.1 Å². The van der Waals surface area contributed by atoms with Crippen molar-refractivity contribution >= 4 is 27.0 Å². The zero-order valence-corrected chi connectivity index (χ0v) is 19.7. The normalized spacial score (nSPS) is 15.3. The van der Waals surface area contributed by atoms with Crippen LogP contribution in [0.25, 0.3) is 11.0 Å². The molecule has 1 aromatic heterocycles. The number of nitrogens with zero attached hydrogens (tertiary/aromatic N) is 2. The molecule has 2 heterocycles. The molecule has 0 aliphatic carbocycles. The maximum absolute atomic E-state index is 13.1. The fraction of sp³-hybridized carbons (Fsp3) is 0.417.